The van der Waals surface area contributed by atoms with E-state index in [1.54, 1.807) is 0 Å². The van der Waals surface area contributed by atoms with E-state index in [1.807, 2.05) is 44.2 Å². The Morgan fingerprint density at radius 2 is 1.82 bits per heavy atom. The molecule has 0 aliphatic carbocycles. The van der Waals surface area contributed by atoms with E-state index in [-0.39, 0.29) is 5.91 Å². The molecule has 0 heterocycles. The molecule has 2 nitrogen and oxygen atoms in total. The van der Waals surface area contributed by atoms with Gasteiger partial charge in [-0.15, -0.1) is 0 Å². The van der Waals surface area contributed by atoms with Crippen LogP contribution in [0.15, 0.2) is 30.3 Å². The fourth-order valence-electron chi connectivity index (χ4n) is 1.78. The average molecular weight is 233 g/mol. The fraction of sp³-hybridized carbons (Fsp3) is 0.533. The zero-order valence-electron chi connectivity index (χ0n) is 11.1. The standard InChI is InChI=1S/C15H23NO/c1-4-5-9-12-16-14(17)15(2,3)13-10-7-6-8-11-13/h6-8,10-11H,4-5,9,12H2,1-3H3,(H,16,17). The van der Waals surface area contributed by atoms with Gasteiger partial charge in [0.15, 0.2) is 0 Å². The Bertz CT molecular complexity index is 343. The van der Waals surface area contributed by atoms with Crippen molar-refractivity contribution in [3.63, 3.8) is 0 Å². The number of hydrogen-bond donors (Lipinski definition) is 1. The smallest absolute Gasteiger partial charge is 0.230 e. The van der Waals surface area contributed by atoms with Crippen LogP contribution in [0.3, 0.4) is 0 Å². The SMILES string of the molecule is CCCCCNC(=O)C(C)(C)c1ccccc1. The number of amides is 1. The lowest BCUT2D eigenvalue weighted by atomic mass is 9.84. The highest BCUT2D eigenvalue weighted by Gasteiger charge is 2.28. The molecule has 1 aromatic rings. The Kier molecular flexibility index (Phi) is 5.20. The highest BCUT2D eigenvalue weighted by Crippen LogP contribution is 2.22. The Labute approximate surface area is 104 Å². The van der Waals surface area contributed by atoms with Crippen molar-refractivity contribution in [2.24, 2.45) is 0 Å². The minimum atomic E-state index is -0.451. The van der Waals surface area contributed by atoms with Gasteiger partial charge in [0.25, 0.3) is 0 Å². The van der Waals surface area contributed by atoms with E-state index < -0.39 is 5.41 Å². The van der Waals surface area contributed by atoms with Crippen molar-refractivity contribution in [2.45, 2.75) is 45.4 Å². The summed E-state index contributed by atoms with van der Waals surface area (Å²) in [4.78, 5) is 12.1. The first-order valence-electron chi connectivity index (χ1n) is 6.43. The second-order valence-corrected chi connectivity index (χ2v) is 4.95. The van der Waals surface area contributed by atoms with Crippen LogP contribution in [0, 0.1) is 0 Å². The van der Waals surface area contributed by atoms with E-state index in [9.17, 15) is 4.79 Å². The lowest BCUT2D eigenvalue weighted by Gasteiger charge is -2.24. The summed E-state index contributed by atoms with van der Waals surface area (Å²) in [5, 5.41) is 3.02. The molecular weight excluding hydrogens is 210 g/mol. The van der Waals surface area contributed by atoms with E-state index >= 15 is 0 Å². The van der Waals surface area contributed by atoms with Gasteiger partial charge in [0.2, 0.25) is 5.91 Å². The number of carbonyl (C=O) groups is 1. The van der Waals surface area contributed by atoms with E-state index in [0.29, 0.717) is 0 Å². The fourth-order valence-corrected chi connectivity index (χ4v) is 1.78. The molecule has 1 amide bonds. The molecule has 0 fully saturated rings. The van der Waals surface area contributed by atoms with E-state index in [1.165, 1.54) is 12.8 Å². The molecule has 0 aromatic heterocycles. The summed E-state index contributed by atoms with van der Waals surface area (Å²) < 4.78 is 0. The first-order chi connectivity index (χ1) is 8.09. The van der Waals surface area contributed by atoms with Gasteiger partial charge < -0.3 is 5.32 Å². The van der Waals surface area contributed by atoms with Crippen LogP contribution < -0.4 is 5.32 Å². The van der Waals surface area contributed by atoms with Crippen molar-refractivity contribution in [2.75, 3.05) is 6.54 Å². The second kappa shape index (κ2) is 6.43. The van der Waals surface area contributed by atoms with Crippen molar-refractivity contribution in [3.8, 4) is 0 Å². The van der Waals surface area contributed by atoms with Gasteiger partial charge >= 0.3 is 0 Å². The largest absolute Gasteiger partial charge is 0.355 e. The summed E-state index contributed by atoms with van der Waals surface area (Å²) in [5.74, 6) is 0.111. The summed E-state index contributed by atoms with van der Waals surface area (Å²) in [6, 6.07) is 9.93. The zero-order chi connectivity index (χ0) is 12.7. The van der Waals surface area contributed by atoms with E-state index in [2.05, 4.69) is 12.2 Å². The topological polar surface area (TPSA) is 29.1 Å². The van der Waals surface area contributed by atoms with Crippen LogP contribution >= 0.6 is 0 Å². The van der Waals surface area contributed by atoms with Crippen molar-refractivity contribution < 1.29 is 4.79 Å². The van der Waals surface area contributed by atoms with Gasteiger partial charge in [-0.25, -0.2) is 0 Å². The summed E-state index contributed by atoms with van der Waals surface area (Å²) in [6.45, 7) is 6.88. The van der Waals surface area contributed by atoms with Crippen molar-refractivity contribution in [1.82, 2.24) is 5.32 Å². The predicted molar refractivity (Wildman–Crippen MR) is 72.0 cm³/mol. The first kappa shape index (κ1) is 13.8. The van der Waals surface area contributed by atoms with E-state index in [0.717, 1.165) is 18.5 Å². The van der Waals surface area contributed by atoms with Crippen LogP contribution in [0.4, 0.5) is 0 Å². The molecule has 0 unspecified atom stereocenters. The van der Waals surface area contributed by atoms with Gasteiger partial charge in [0.05, 0.1) is 5.41 Å². The van der Waals surface area contributed by atoms with Crippen molar-refractivity contribution in [3.05, 3.63) is 35.9 Å². The monoisotopic (exact) mass is 233 g/mol. The summed E-state index contributed by atoms with van der Waals surface area (Å²) in [7, 11) is 0. The third kappa shape index (κ3) is 3.88. The zero-order valence-corrected chi connectivity index (χ0v) is 11.1. The lowest BCUT2D eigenvalue weighted by Crippen LogP contribution is -2.40. The summed E-state index contributed by atoms with van der Waals surface area (Å²) in [5.41, 5.74) is 0.612. The maximum absolute atomic E-state index is 12.1. The van der Waals surface area contributed by atoms with Gasteiger partial charge in [0, 0.05) is 6.54 Å². The molecule has 0 atom stereocenters. The molecule has 1 aromatic carbocycles. The number of hydrogen-bond acceptors (Lipinski definition) is 1. The van der Waals surface area contributed by atoms with Crippen molar-refractivity contribution in [1.29, 1.82) is 0 Å². The Balaban J connectivity index is 2.55. The molecule has 1 rings (SSSR count). The normalized spacial score (nSPS) is 11.2. The highest BCUT2D eigenvalue weighted by molar-refractivity contribution is 5.87. The predicted octanol–water partition coefficient (Wildman–Crippen LogP) is 3.27. The van der Waals surface area contributed by atoms with Crippen molar-refractivity contribution >= 4 is 5.91 Å². The van der Waals surface area contributed by atoms with Crippen LogP contribution in [-0.2, 0) is 10.2 Å². The molecular formula is C15H23NO. The third-order valence-electron chi connectivity index (χ3n) is 3.13. The van der Waals surface area contributed by atoms with Gasteiger partial charge in [-0.3, -0.25) is 4.79 Å². The second-order valence-electron chi connectivity index (χ2n) is 4.95. The quantitative estimate of drug-likeness (QED) is 0.751. The van der Waals surface area contributed by atoms with Gasteiger partial charge in [-0.05, 0) is 25.8 Å². The van der Waals surface area contributed by atoms with Crippen LogP contribution in [0.1, 0.15) is 45.6 Å². The van der Waals surface area contributed by atoms with Gasteiger partial charge in [-0.2, -0.15) is 0 Å². The number of rotatable bonds is 6. The highest BCUT2D eigenvalue weighted by atomic mass is 16.2. The molecule has 1 N–H and O–H groups in total. The van der Waals surface area contributed by atoms with Gasteiger partial charge in [-0.1, -0.05) is 50.1 Å². The van der Waals surface area contributed by atoms with Crippen LogP contribution in [0.25, 0.3) is 0 Å². The molecule has 0 spiro atoms. The summed E-state index contributed by atoms with van der Waals surface area (Å²) >= 11 is 0. The molecule has 0 aliphatic rings. The number of benzene rings is 1. The summed E-state index contributed by atoms with van der Waals surface area (Å²) in [6.07, 6.45) is 3.41. The lowest BCUT2D eigenvalue weighted by molar-refractivity contribution is -0.125. The molecule has 17 heavy (non-hydrogen) atoms. The molecule has 2 heteroatoms. The molecule has 0 bridgehead atoms. The van der Waals surface area contributed by atoms with Crippen LogP contribution in [0.5, 0.6) is 0 Å². The molecule has 0 saturated heterocycles. The Hall–Kier alpha value is -1.31. The van der Waals surface area contributed by atoms with Crippen LogP contribution in [0.2, 0.25) is 0 Å². The Morgan fingerprint density at radius 1 is 1.18 bits per heavy atom. The third-order valence-corrected chi connectivity index (χ3v) is 3.13. The molecule has 0 radical (unpaired) electrons. The average Bonchev–Trinajstić information content (AvgIpc) is 2.35. The maximum Gasteiger partial charge on any atom is 0.230 e. The number of nitrogens with one attached hydrogen (secondary N) is 1. The van der Waals surface area contributed by atoms with Gasteiger partial charge in [0.1, 0.15) is 0 Å². The number of unbranched alkanes of at least 4 members (excludes halogenated alkanes) is 2. The maximum atomic E-state index is 12.1. The molecule has 0 aliphatic heterocycles. The first-order valence-corrected chi connectivity index (χ1v) is 6.43. The number of carbonyl (C=O) groups excluding carboxylic acids is 1. The minimum Gasteiger partial charge on any atom is -0.355 e. The Morgan fingerprint density at radius 3 is 2.41 bits per heavy atom. The molecule has 94 valence electrons. The van der Waals surface area contributed by atoms with E-state index in [4.69, 9.17) is 0 Å². The van der Waals surface area contributed by atoms with Crippen LogP contribution in [-0.4, -0.2) is 12.5 Å². The minimum absolute atomic E-state index is 0.111. The molecule has 0 saturated carbocycles.